The Bertz CT molecular complexity index is 1390. The lowest BCUT2D eigenvalue weighted by Gasteiger charge is -2.22. The number of nitrogens with one attached hydrogen (secondary N) is 2. The number of benzene rings is 1. The first-order chi connectivity index (χ1) is 18.6. The monoisotopic (exact) mass is 574 g/mol. The van der Waals surface area contributed by atoms with Crippen LogP contribution in [-0.4, -0.2) is 78.4 Å². The van der Waals surface area contributed by atoms with Crippen molar-refractivity contribution in [3.05, 3.63) is 58.6 Å². The van der Waals surface area contributed by atoms with Gasteiger partial charge < -0.3 is 20.6 Å². The molecule has 0 bridgehead atoms. The Labute approximate surface area is 234 Å². The second-order valence-corrected chi connectivity index (χ2v) is 12.3. The molecule has 0 spiro atoms. The van der Waals surface area contributed by atoms with Gasteiger partial charge in [0.1, 0.15) is 10.7 Å². The number of anilines is 4. The van der Waals surface area contributed by atoms with E-state index in [9.17, 15) is 13.5 Å². The lowest BCUT2D eigenvalue weighted by Crippen LogP contribution is -2.28. The van der Waals surface area contributed by atoms with E-state index in [1.54, 1.807) is 0 Å². The Morgan fingerprint density at radius 3 is 2.59 bits per heavy atom. The number of likely N-dealkylation sites (N-methyl/N-ethyl adjacent to an activating group) is 1. The summed E-state index contributed by atoms with van der Waals surface area (Å²) in [7, 11) is -0.00996. The summed E-state index contributed by atoms with van der Waals surface area (Å²) in [5, 5.41) is 15.9. The second kappa shape index (κ2) is 12.9. The molecule has 39 heavy (non-hydrogen) atoms. The molecule has 0 aliphatic heterocycles. The third kappa shape index (κ3) is 7.75. The Hall–Kier alpha value is -3.06. The van der Waals surface area contributed by atoms with Gasteiger partial charge in [0.2, 0.25) is 16.0 Å². The number of halogens is 1. The van der Waals surface area contributed by atoms with E-state index in [1.807, 2.05) is 6.07 Å². The molecule has 2 heterocycles. The van der Waals surface area contributed by atoms with Crippen molar-refractivity contribution in [3.63, 3.8) is 0 Å². The summed E-state index contributed by atoms with van der Waals surface area (Å²) in [4.78, 5) is 19.5. The summed E-state index contributed by atoms with van der Waals surface area (Å²) >= 11 is 6.35. The van der Waals surface area contributed by atoms with E-state index in [0.717, 1.165) is 48.5 Å². The third-order valence-electron chi connectivity index (χ3n) is 6.87. The van der Waals surface area contributed by atoms with Crippen LogP contribution in [0.4, 0.5) is 23.3 Å². The molecule has 11 nitrogen and oxygen atoms in total. The Balaban J connectivity index is 1.43. The van der Waals surface area contributed by atoms with Crippen LogP contribution in [0.1, 0.15) is 29.7 Å². The zero-order valence-electron chi connectivity index (χ0n) is 22.4. The number of aryl methyl sites for hydroxylation is 2. The minimum absolute atomic E-state index is 0.159. The molecule has 1 aromatic carbocycles. The number of aromatic nitrogens is 4. The lowest BCUT2D eigenvalue weighted by atomic mass is 9.99. The summed E-state index contributed by atoms with van der Waals surface area (Å²) in [5.41, 5.74) is 4.01. The number of aliphatic hydroxyl groups is 1. The van der Waals surface area contributed by atoms with E-state index >= 15 is 0 Å². The van der Waals surface area contributed by atoms with Crippen LogP contribution in [0.15, 0.2) is 36.8 Å². The van der Waals surface area contributed by atoms with Crippen molar-refractivity contribution in [1.29, 1.82) is 0 Å². The van der Waals surface area contributed by atoms with E-state index in [0.29, 0.717) is 34.9 Å². The van der Waals surface area contributed by atoms with Gasteiger partial charge in [-0.25, -0.2) is 18.4 Å². The van der Waals surface area contributed by atoms with Crippen molar-refractivity contribution in [2.75, 3.05) is 55.0 Å². The molecule has 3 N–H and O–H groups in total. The van der Waals surface area contributed by atoms with Crippen LogP contribution in [0.5, 0.6) is 0 Å². The maximum absolute atomic E-state index is 12.0. The third-order valence-corrected chi connectivity index (χ3v) is 8.32. The Morgan fingerprint density at radius 1 is 1.10 bits per heavy atom. The average Bonchev–Trinajstić information content (AvgIpc) is 3.10. The first-order valence-electron chi connectivity index (χ1n) is 12.8. The van der Waals surface area contributed by atoms with Crippen LogP contribution in [-0.2, 0) is 29.4 Å². The minimum atomic E-state index is -3.50. The highest BCUT2D eigenvalue weighted by Gasteiger charge is 2.20. The van der Waals surface area contributed by atoms with Crippen molar-refractivity contribution in [2.24, 2.45) is 5.92 Å². The molecular weight excluding hydrogens is 540 g/mol. The van der Waals surface area contributed by atoms with Crippen LogP contribution in [0.3, 0.4) is 0 Å². The molecule has 2 aromatic heterocycles. The van der Waals surface area contributed by atoms with Crippen molar-refractivity contribution in [1.82, 2.24) is 24.8 Å². The Morgan fingerprint density at radius 2 is 1.85 bits per heavy atom. The molecule has 3 aromatic rings. The smallest absolute Gasteiger partial charge is 0.233 e. The lowest BCUT2D eigenvalue weighted by molar-refractivity contribution is 0.196. The van der Waals surface area contributed by atoms with Gasteiger partial charge in [-0.1, -0.05) is 17.7 Å². The van der Waals surface area contributed by atoms with E-state index in [4.69, 9.17) is 11.6 Å². The van der Waals surface area contributed by atoms with Gasteiger partial charge in [0, 0.05) is 38.2 Å². The summed E-state index contributed by atoms with van der Waals surface area (Å²) < 4.78 is 25.1. The van der Waals surface area contributed by atoms with Crippen molar-refractivity contribution in [3.8, 4) is 0 Å². The van der Waals surface area contributed by atoms with Crippen LogP contribution in [0.25, 0.3) is 0 Å². The zero-order chi connectivity index (χ0) is 28.0. The van der Waals surface area contributed by atoms with E-state index < -0.39 is 10.0 Å². The summed E-state index contributed by atoms with van der Waals surface area (Å²) in [6.45, 7) is 2.04. The van der Waals surface area contributed by atoms with E-state index in [1.165, 1.54) is 36.8 Å². The predicted molar refractivity (Wildman–Crippen MR) is 154 cm³/mol. The molecule has 4 rings (SSSR count). The number of sulfonamides is 1. The number of hydrogen-bond donors (Lipinski definition) is 3. The van der Waals surface area contributed by atoms with Crippen molar-refractivity contribution < 1.29 is 13.5 Å². The first-order valence-corrected chi connectivity index (χ1v) is 15.0. The highest BCUT2D eigenvalue weighted by molar-refractivity contribution is 7.92. The zero-order valence-corrected chi connectivity index (χ0v) is 24.0. The fourth-order valence-corrected chi connectivity index (χ4v) is 5.31. The van der Waals surface area contributed by atoms with Gasteiger partial charge in [-0.15, -0.1) is 0 Å². The fraction of sp³-hybridized carbons (Fsp3) is 0.462. The first kappa shape index (κ1) is 28.9. The molecule has 1 unspecified atom stereocenters. The molecule has 0 saturated carbocycles. The minimum Gasteiger partial charge on any atom is -0.395 e. The standard InChI is InChI=1S/C26H35ClN8O3S/c1-34(12-13-36)17-18-4-6-19-8-9-21(14-20(19)7-5-18)32-26-31-15-22(27)24(33-26)30-16-23-25(29-11-10-28-23)35(2)39(3,37)38/h8-11,14-15,18,36H,4-7,12-13,16-17H2,1-3H3,(H2,30,31,32,33). The SMILES string of the molecule is CN(CCO)CC1CCc2ccc(Nc3ncc(Cl)c(NCc4nccnc4N(C)S(C)(=O)=O)n3)cc2CC1. The van der Waals surface area contributed by atoms with Gasteiger partial charge in [0.25, 0.3) is 0 Å². The number of aliphatic hydroxyl groups excluding tert-OH is 1. The van der Waals surface area contributed by atoms with Gasteiger partial charge in [-0.05, 0) is 61.9 Å². The largest absolute Gasteiger partial charge is 0.395 e. The summed E-state index contributed by atoms with van der Waals surface area (Å²) in [5.74, 6) is 1.60. The highest BCUT2D eigenvalue weighted by atomic mass is 35.5. The van der Waals surface area contributed by atoms with Crippen molar-refractivity contribution in [2.45, 2.75) is 32.2 Å². The molecule has 0 fully saturated rings. The molecule has 0 radical (unpaired) electrons. The van der Waals surface area contributed by atoms with Gasteiger partial charge >= 0.3 is 0 Å². The van der Waals surface area contributed by atoms with Crippen LogP contribution >= 0.6 is 11.6 Å². The normalized spacial score (nSPS) is 15.5. The Kier molecular flexibility index (Phi) is 9.54. The van der Waals surface area contributed by atoms with Crippen LogP contribution in [0.2, 0.25) is 5.02 Å². The van der Waals surface area contributed by atoms with Gasteiger partial charge in [-0.3, -0.25) is 9.29 Å². The molecule has 1 atom stereocenters. The van der Waals surface area contributed by atoms with Crippen LogP contribution < -0.4 is 14.9 Å². The molecule has 210 valence electrons. The van der Waals surface area contributed by atoms with Gasteiger partial charge in [-0.2, -0.15) is 4.98 Å². The number of hydrogen-bond acceptors (Lipinski definition) is 10. The van der Waals surface area contributed by atoms with E-state index in [2.05, 4.69) is 54.6 Å². The second-order valence-electron chi connectivity index (χ2n) is 9.84. The van der Waals surface area contributed by atoms with Gasteiger partial charge in [0.05, 0.1) is 25.6 Å². The topological polar surface area (TPSA) is 136 Å². The van der Waals surface area contributed by atoms with Crippen molar-refractivity contribution >= 4 is 44.9 Å². The molecule has 1 aliphatic rings. The highest BCUT2D eigenvalue weighted by Crippen LogP contribution is 2.29. The number of nitrogens with zero attached hydrogens (tertiary/aromatic N) is 6. The molecule has 1 aliphatic carbocycles. The number of rotatable bonds is 11. The fourth-order valence-electron chi connectivity index (χ4n) is 4.68. The molecule has 13 heteroatoms. The quantitative estimate of drug-likeness (QED) is 0.293. The van der Waals surface area contributed by atoms with Gasteiger partial charge in [0.15, 0.2) is 11.6 Å². The number of fused-ring (bicyclic) bond motifs is 1. The molecular formula is C26H35ClN8O3S. The average molecular weight is 575 g/mol. The maximum atomic E-state index is 12.0. The van der Waals surface area contributed by atoms with E-state index in [-0.39, 0.29) is 19.0 Å². The maximum Gasteiger partial charge on any atom is 0.233 e. The summed E-state index contributed by atoms with van der Waals surface area (Å²) in [6.07, 6.45) is 9.84. The predicted octanol–water partition coefficient (Wildman–Crippen LogP) is 3.09. The molecule has 0 amide bonds. The van der Waals surface area contributed by atoms with Crippen LogP contribution in [0, 0.1) is 5.92 Å². The summed E-state index contributed by atoms with van der Waals surface area (Å²) in [6, 6.07) is 6.36. The molecule has 0 saturated heterocycles.